The number of hydrogen-bond donors (Lipinski definition) is 3. The van der Waals surface area contributed by atoms with E-state index in [2.05, 4.69) is 10.6 Å². The van der Waals surface area contributed by atoms with Crippen LogP contribution < -0.4 is 10.6 Å². The van der Waals surface area contributed by atoms with Gasteiger partial charge in [-0.05, 0) is 23.8 Å². The van der Waals surface area contributed by atoms with Crippen molar-refractivity contribution in [2.75, 3.05) is 11.9 Å². The SMILES string of the molecule is CC(CNC(=O)c1ccc2c(c1)CC(=O)N2)C(=O)O. The molecule has 0 aliphatic carbocycles. The van der Waals surface area contributed by atoms with Gasteiger partial charge in [-0.3, -0.25) is 14.4 Å². The molecule has 6 nitrogen and oxygen atoms in total. The van der Waals surface area contributed by atoms with E-state index < -0.39 is 11.9 Å². The topological polar surface area (TPSA) is 95.5 Å². The summed E-state index contributed by atoms with van der Waals surface area (Å²) in [6, 6.07) is 4.93. The highest BCUT2D eigenvalue weighted by molar-refractivity contribution is 6.01. The lowest BCUT2D eigenvalue weighted by Gasteiger charge is -2.09. The van der Waals surface area contributed by atoms with E-state index in [-0.39, 0.29) is 24.8 Å². The van der Waals surface area contributed by atoms with Crippen LogP contribution in [0.2, 0.25) is 0 Å². The molecule has 0 saturated carbocycles. The van der Waals surface area contributed by atoms with Crippen molar-refractivity contribution in [1.29, 1.82) is 0 Å². The molecule has 0 spiro atoms. The minimum absolute atomic E-state index is 0.0719. The van der Waals surface area contributed by atoms with Gasteiger partial charge in [0.1, 0.15) is 0 Å². The van der Waals surface area contributed by atoms with Crippen LogP contribution in [-0.4, -0.2) is 29.4 Å². The van der Waals surface area contributed by atoms with Crippen molar-refractivity contribution in [3.8, 4) is 0 Å². The molecule has 1 aromatic carbocycles. The van der Waals surface area contributed by atoms with Gasteiger partial charge in [-0.1, -0.05) is 6.92 Å². The number of hydrogen-bond acceptors (Lipinski definition) is 3. The monoisotopic (exact) mass is 262 g/mol. The van der Waals surface area contributed by atoms with Crippen LogP contribution in [-0.2, 0) is 16.0 Å². The van der Waals surface area contributed by atoms with Gasteiger partial charge in [0.15, 0.2) is 0 Å². The molecule has 6 heteroatoms. The molecule has 1 aromatic rings. The highest BCUT2D eigenvalue weighted by atomic mass is 16.4. The Hall–Kier alpha value is -2.37. The zero-order valence-electron chi connectivity index (χ0n) is 10.4. The molecule has 2 rings (SSSR count). The first kappa shape index (κ1) is 13.1. The Morgan fingerprint density at radius 2 is 2.21 bits per heavy atom. The summed E-state index contributed by atoms with van der Waals surface area (Å²) >= 11 is 0. The number of benzene rings is 1. The number of nitrogens with one attached hydrogen (secondary N) is 2. The average molecular weight is 262 g/mol. The average Bonchev–Trinajstić information content (AvgIpc) is 2.74. The molecule has 0 bridgehead atoms. The fourth-order valence-electron chi connectivity index (χ4n) is 1.81. The minimum atomic E-state index is -0.955. The van der Waals surface area contributed by atoms with Crippen molar-refractivity contribution >= 4 is 23.5 Å². The van der Waals surface area contributed by atoms with Crippen LogP contribution in [0.4, 0.5) is 5.69 Å². The van der Waals surface area contributed by atoms with E-state index in [9.17, 15) is 14.4 Å². The Morgan fingerprint density at radius 3 is 2.89 bits per heavy atom. The lowest BCUT2D eigenvalue weighted by Crippen LogP contribution is -2.31. The van der Waals surface area contributed by atoms with Crippen LogP contribution in [0.1, 0.15) is 22.8 Å². The molecule has 1 heterocycles. The van der Waals surface area contributed by atoms with E-state index in [1.54, 1.807) is 18.2 Å². The summed E-state index contributed by atoms with van der Waals surface area (Å²) in [4.78, 5) is 33.7. The smallest absolute Gasteiger partial charge is 0.308 e. The lowest BCUT2D eigenvalue weighted by atomic mass is 10.1. The largest absolute Gasteiger partial charge is 0.481 e. The van der Waals surface area contributed by atoms with Crippen LogP contribution in [0.5, 0.6) is 0 Å². The molecule has 100 valence electrons. The fraction of sp³-hybridized carbons (Fsp3) is 0.308. The Morgan fingerprint density at radius 1 is 1.47 bits per heavy atom. The van der Waals surface area contributed by atoms with E-state index in [1.807, 2.05) is 0 Å². The predicted molar refractivity (Wildman–Crippen MR) is 67.9 cm³/mol. The van der Waals surface area contributed by atoms with Crippen LogP contribution in [0.3, 0.4) is 0 Å². The second-order valence-corrected chi connectivity index (χ2v) is 4.55. The van der Waals surface area contributed by atoms with Crippen LogP contribution in [0, 0.1) is 5.92 Å². The molecular formula is C13H14N2O4. The Labute approximate surface area is 109 Å². The van der Waals surface area contributed by atoms with Gasteiger partial charge in [-0.25, -0.2) is 0 Å². The van der Waals surface area contributed by atoms with Crippen molar-refractivity contribution in [1.82, 2.24) is 5.32 Å². The van der Waals surface area contributed by atoms with E-state index in [1.165, 1.54) is 6.92 Å². The maximum absolute atomic E-state index is 11.8. The van der Waals surface area contributed by atoms with Gasteiger partial charge in [0, 0.05) is 17.8 Å². The Kier molecular flexibility index (Phi) is 3.50. The number of anilines is 1. The predicted octanol–water partition coefficient (Wildman–Crippen LogP) is 0.632. The second kappa shape index (κ2) is 5.09. The molecule has 19 heavy (non-hydrogen) atoms. The first-order valence-corrected chi connectivity index (χ1v) is 5.91. The van der Waals surface area contributed by atoms with E-state index in [0.717, 1.165) is 11.3 Å². The quantitative estimate of drug-likeness (QED) is 0.741. The normalized spacial score (nSPS) is 14.5. The van der Waals surface area contributed by atoms with Crippen LogP contribution in [0.15, 0.2) is 18.2 Å². The summed E-state index contributed by atoms with van der Waals surface area (Å²) in [5.41, 5.74) is 1.93. The van der Waals surface area contributed by atoms with Gasteiger partial charge < -0.3 is 15.7 Å². The Bertz CT molecular complexity index is 554. The third kappa shape index (κ3) is 2.90. The van der Waals surface area contributed by atoms with Gasteiger partial charge in [0.05, 0.1) is 12.3 Å². The zero-order chi connectivity index (χ0) is 14.0. The third-order valence-electron chi connectivity index (χ3n) is 2.98. The fourth-order valence-corrected chi connectivity index (χ4v) is 1.81. The Balaban J connectivity index is 2.03. The highest BCUT2D eigenvalue weighted by Crippen LogP contribution is 2.23. The summed E-state index contributed by atoms with van der Waals surface area (Å²) in [5, 5.41) is 14.0. The molecule has 0 saturated heterocycles. The van der Waals surface area contributed by atoms with Crippen molar-refractivity contribution in [3.63, 3.8) is 0 Å². The van der Waals surface area contributed by atoms with Gasteiger partial charge in [-0.2, -0.15) is 0 Å². The van der Waals surface area contributed by atoms with Gasteiger partial charge in [-0.15, -0.1) is 0 Å². The molecule has 2 amide bonds. The highest BCUT2D eigenvalue weighted by Gasteiger charge is 2.19. The van der Waals surface area contributed by atoms with Crippen molar-refractivity contribution in [2.45, 2.75) is 13.3 Å². The van der Waals surface area contributed by atoms with Crippen molar-refractivity contribution in [2.24, 2.45) is 5.92 Å². The molecule has 1 unspecified atom stereocenters. The number of carbonyl (C=O) groups excluding carboxylic acids is 2. The molecule has 1 aliphatic heterocycles. The van der Waals surface area contributed by atoms with E-state index >= 15 is 0 Å². The minimum Gasteiger partial charge on any atom is -0.481 e. The van der Waals surface area contributed by atoms with Crippen LogP contribution >= 0.6 is 0 Å². The van der Waals surface area contributed by atoms with Crippen LogP contribution in [0.25, 0.3) is 0 Å². The van der Waals surface area contributed by atoms with Gasteiger partial charge in [0.2, 0.25) is 5.91 Å². The standard InChI is InChI=1S/C13H14N2O4/c1-7(13(18)19)6-14-12(17)8-2-3-10-9(4-8)5-11(16)15-10/h2-4,7H,5-6H2,1H3,(H,14,17)(H,15,16)(H,18,19). The summed E-state index contributed by atoms with van der Waals surface area (Å²) in [7, 11) is 0. The molecule has 0 aromatic heterocycles. The zero-order valence-corrected chi connectivity index (χ0v) is 10.4. The maximum Gasteiger partial charge on any atom is 0.308 e. The number of aliphatic carboxylic acids is 1. The number of carboxylic acid groups (broad SMARTS) is 1. The summed E-state index contributed by atoms with van der Waals surface area (Å²) in [5.74, 6) is -2.02. The number of carboxylic acids is 1. The van der Waals surface area contributed by atoms with E-state index in [4.69, 9.17) is 5.11 Å². The third-order valence-corrected chi connectivity index (χ3v) is 2.98. The van der Waals surface area contributed by atoms with Crippen molar-refractivity contribution < 1.29 is 19.5 Å². The first-order chi connectivity index (χ1) is 8.97. The van der Waals surface area contributed by atoms with Gasteiger partial charge >= 0.3 is 5.97 Å². The molecule has 1 aliphatic rings. The summed E-state index contributed by atoms with van der Waals surface area (Å²) < 4.78 is 0. The first-order valence-electron chi connectivity index (χ1n) is 5.91. The number of amides is 2. The van der Waals surface area contributed by atoms with Gasteiger partial charge in [0.25, 0.3) is 5.91 Å². The van der Waals surface area contributed by atoms with E-state index in [0.29, 0.717) is 5.56 Å². The summed E-state index contributed by atoms with van der Waals surface area (Å²) in [6.45, 7) is 1.59. The second-order valence-electron chi connectivity index (χ2n) is 4.55. The van der Waals surface area contributed by atoms with Crippen molar-refractivity contribution in [3.05, 3.63) is 29.3 Å². The molecular weight excluding hydrogens is 248 g/mol. The molecule has 3 N–H and O–H groups in total. The lowest BCUT2D eigenvalue weighted by molar-refractivity contribution is -0.140. The number of carbonyl (C=O) groups is 3. The summed E-state index contributed by atoms with van der Waals surface area (Å²) in [6.07, 6.45) is 0.266. The number of rotatable bonds is 4. The maximum atomic E-state index is 11.8. The molecule has 1 atom stereocenters. The number of fused-ring (bicyclic) bond motifs is 1. The molecule has 0 fully saturated rings. The molecule has 0 radical (unpaired) electrons.